The van der Waals surface area contributed by atoms with Crippen LogP contribution in [0, 0.1) is 40.7 Å². The molecule has 0 N–H and O–H groups in total. The van der Waals surface area contributed by atoms with E-state index >= 15 is 8.78 Å². The lowest BCUT2D eigenvalue weighted by atomic mass is 9.27. The van der Waals surface area contributed by atoms with Gasteiger partial charge in [-0.05, 0) is 174 Å². The fourth-order valence-electron chi connectivity index (χ4n) is 17.4. The number of halogens is 2. The average molecular weight is 1140 g/mol. The molecule has 6 atom stereocenters. The van der Waals surface area contributed by atoms with Crippen molar-refractivity contribution in [3.05, 3.63) is 265 Å². The Labute approximate surface area is 506 Å². The molecule has 5 aliphatic carbocycles. The lowest BCUT2D eigenvalue weighted by Crippen LogP contribution is -2.73. The minimum absolute atomic E-state index is 0.183. The molecule has 2 bridgehead atoms. The first-order valence-corrected chi connectivity index (χ1v) is 30.7. The number of hydrogen-bond donors (Lipinski definition) is 0. The lowest BCUT2D eigenvalue weighted by molar-refractivity contribution is -0.231. The lowest BCUT2D eigenvalue weighted by Gasteiger charge is -2.76. The molecular formula is C80H52F2N6. The Balaban J connectivity index is 0.726. The van der Waals surface area contributed by atoms with Crippen LogP contribution in [-0.2, 0) is 5.41 Å². The third kappa shape index (κ3) is 7.20. The van der Waals surface area contributed by atoms with Gasteiger partial charge in [0.25, 0.3) is 0 Å². The van der Waals surface area contributed by atoms with E-state index in [1.165, 1.54) is 36.8 Å². The van der Waals surface area contributed by atoms with Crippen LogP contribution in [0.4, 0.5) is 8.78 Å². The summed E-state index contributed by atoms with van der Waals surface area (Å²) in [7, 11) is 0. The third-order valence-corrected chi connectivity index (χ3v) is 21.1. The zero-order chi connectivity index (χ0) is 58.0. The van der Waals surface area contributed by atoms with Gasteiger partial charge in [0, 0.05) is 49.9 Å². The molecule has 88 heavy (non-hydrogen) atoms. The van der Waals surface area contributed by atoms with Crippen molar-refractivity contribution in [2.45, 2.75) is 31.1 Å². The number of benzene rings is 12. The summed E-state index contributed by atoms with van der Waals surface area (Å²) in [6.45, 7) is 0. The summed E-state index contributed by atoms with van der Waals surface area (Å²) in [6.07, 6.45) is 5.10. The summed E-state index contributed by atoms with van der Waals surface area (Å²) in [5.74, 6) is 4.61. The molecule has 0 saturated heterocycles. The van der Waals surface area contributed by atoms with Crippen LogP contribution in [0.2, 0.25) is 0 Å². The van der Waals surface area contributed by atoms with Crippen LogP contribution in [0.25, 0.3) is 145 Å². The molecular weight excluding hydrogens is 1080 g/mol. The van der Waals surface area contributed by atoms with Crippen molar-refractivity contribution < 1.29 is 8.78 Å². The first kappa shape index (κ1) is 49.8. The summed E-state index contributed by atoms with van der Waals surface area (Å²) in [6, 6.07) is 81.8. The Morgan fingerprint density at radius 3 is 1.14 bits per heavy atom. The van der Waals surface area contributed by atoms with Crippen molar-refractivity contribution in [2.24, 2.45) is 29.1 Å². The van der Waals surface area contributed by atoms with Gasteiger partial charge in [-0.3, -0.25) is 0 Å². The monoisotopic (exact) mass is 1130 g/mol. The number of nitrogens with zero attached hydrogens (tertiary/aromatic N) is 6. The van der Waals surface area contributed by atoms with Gasteiger partial charge in [-0.2, -0.15) is 0 Å². The Bertz CT molecular complexity index is 5150. The first-order chi connectivity index (χ1) is 43.3. The van der Waals surface area contributed by atoms with Crippen LogP contribution in [0.5, 0.6) is 0 Å². The maximum absolute atomic E-state index is 17.8. The molecule has 0 aliphatic heterocycles. The van der Waals surface area contributed by atoms with Crippen LogP contribution in [-0.4, -0.2) is 29.9 Å². The number of hydrogen-bond acceptors (Lipinski definition) is 6. The van der Waals surface area contributed by atoms with Crippen LogP contribution in [0.15, 0.2) is 243 Å². The predicted octanol–water partition coefficient (Wildman–Crippen LogP) is 19.6. The SMILES string of the molecule is Fc1cc(-c2nc(-c3ccc4ccccc4c3)nc(-c3ccc4ccccc4c3)n2)ccc1-c1ccc2c(c1)-c1c(-c3ccc(-c4nc(-c5ccc6ccccc6c5)nc(-c5ccc6ccccc6c5)n4)cc3F)cccc1C21C2CC3CC4CC1C42C3. The van der Waals surface area contributed by atoms with Gasteiger partial charge >= 0.3 is 0 Å². The average Bonchev–Trinajstić information content (AvgIpc) is 1.40. The van der Waals surface area contributed by atoms with Crippen LogP contribution in [0.3, 0.4) is 0 Å². The van der Waals surface area contributed by atoms with Gasteiger partial charge in [-0.15, -0.1) is 0 Å². The van der Waals surface area contributed by atoms with E-state index in [1.807, 2.05) is 97.1 Å². The largest absolute Gasteiger partial charge is 0.208 e. The van der Waals surface area contributed by atoms with Gasteiger partial charge in [0.15, 0.2) is 34.9 Å². The summed E-state index contributed by atoms with van der Waals surface area (Å²) < 4.78 is 35.2. The van der Waals surface area contributed by atoms with Crippen LogP contribution >= 0.6 is 0 Å². The van der Waals surface area contributed by atoms with E-state index in [4.69, 9.17) is 29.9 Å². The van der Waals surface area contributed by atoms with E-state index in [0.29, 0.717) is 74.5 Å². The second-order valence-corrected chi connectivity index (χ2v) is 25.3. The second kappa shape index (κ2) is 18.5. The van der Waals surface area contributed by atoms with Crippen molar-refractivity contribution >= 4 is 43.1 Å². The molecule has 2 aromatic heterocycles. The fourth-order valence-corrected chi connectivity index (χ4v) is 17.4. The molecule has 4 saturated carbocycles. The highest BCUT2D eigenvalue weighted by Crippen LogP contribution is 2.90. The van der Waals surface area contributed by atoms with Crippen LogP contribution in [0.1, 0.15) is 36.8 Å². The normalized spacial score (nSPS) is 20.8. The molecule has 416 valence electrons. The fraction of sp³-hybridized carbons (Fsp3) is 0.125. The molecule has 0 radical (unpaired) electrons. The number of rotatable bonds is 8. The quantitative estimate of drug-likeness (QED) is 0.151. The Hall–Kier alpha value is -10.4. The molecule has 19 rings (SSSR count). The molecule has 12 aromatic carbocycles. The molecule has 8 heteroatoms. The van der Waals surface area contributed by atoms with Gasteiger partial charge < -0.3 is 0 Å². The van der Waals surface area contributed by atoms with Crippen molar-refractivity contribution in [1.82, 2.24) is 29.9 Å². The third-order valence-electron chi connectivity index (χ3n) is 21.1. The summed E-state index contributed by atoms with van der Waals surface area (Å²) in [5, 5.41) is 8.76. The van der Waals surface area contributed by atoms with E-state index in [1.54, 1.807) is 12.1 Å². The van der Waals surface area contributed by atoms with E-state index < -0.39 is 0 Å². The molecule has 0 amide bonds. The van der Waals surface area contributed by atoms with Gasteiger partial charge in [-0.25, -0.2) is 38.7 Å². The topological polar surface area (TPSA) is 77.3 Å². The highest BCUT2D eigenvalue weighted by Gasteiger charge is 2.84. The molecule has 2 heterocycles. The minimum Gasteiger partial charge on any atom is -0.208 e. The summed E-state index contributed by atoms with van der Waals surface area (Å²) >= 11 is 0. The predicted molar refractivity (Wildman–Crippen MR) is 348 cm³/mol. The molecule has 2 spiro atoms. The maximum Gasteiger partial charge on any atom is 0.164 e. The van der Waals surface area contributed by atoms with Gasteiger partial charge in [0.05, 0.1) is 0 Å². The van der Waals surface area contributed by atoms with E-state index in [0.717, 1.165) is 99.4 Å². The molecule has 6 nitrogen and oxygen atoms in total. The van der Waals surface area contributed by atoms with Crippen molar-refractivity contribution in [3.63, 3.8) is 0 Å². The van der Waals surface area contributed by atoms with Gasteiger partial charge in [-0.1, -0.05) is 200 Å². The molecule has 5 aliphatic rings. The number of aromatic nitrogens is 6. The second-order valence-electron chi connectivity index (χ2n) is 25.3. The van der Waals surface area contributed by atoms with Crippen molar-refractivity contribution in [2.75, 3.05) is 0 Å². The van der Waals surface area contributed by atoms with Gasteiger partial charge in [0.2, 0.25) is 0 Å². The highest BCUT2D eigenvalue weighted by atomic mass is 19.1. The summed E-state index contributed by atoms with van der Waals surface area (Å²) in [5.41, 5.74) is 11.9. The summed E-state index contributed by atoms with van der Waals surface area (Å²) in [4.78, 5) is 30.4. The Morgan fingerprint density at radius 2 is 0.693 bits per heavy atom. The standard InChI is InChI=1S/C80H52F2N6/c81-68-41-59(77-85-73(55-24-20-46-10-1-5-14-50(46)36-55)83-74(86-77)56-25-21-47-11-2-6-15-51(47)37-56)28-31-62(68)54-30-33-66-65(40-54)72-64(18-9-19-67(72)80(66)70-35-45-34-61-43-71(80)79(61,70)44-45)63-32-29-60(42-69(63)82)78-87-75(57-26-22-48-12-3-7-16-52(48)38-57)84-76(88-78)58-27-23-49-13-4-8-17-53(49)39-58/h1-33,36-42,45,61,70-71H,34-35,43-44H2. The van der Waals surface area contributed by atoms with Crippen LogP contribution < -0.4 is 0 Å². The first-order valence-electron chi connectivity index (χ1n) is 30.7. The smallest absolute Gasteiger partial charge is 0.164 e. The molecule has 4 fully saturated rings. The zero-order valence-corrected chi connectivity index (χ0v) is 47.7. The molecule has 6 unspecified atom stereocenters. The minimum atomic E-state index is -0.386. The Morgan fingerprint density at radius 1 is 0.295 bits per heavy atom. The van der Waals surface area contributed by atoms with E-state index in [2.05, 4.69) is 133 Å². The van der Waals surface area contributed by atoms with Crippen molar-refractivity contribution in [1.29, 1.82) is 0 Å². The zero-order valence-electron chi connectivity index (χ0n) is 47.7. The van der Waals surface area contributed by atoms with Gasteiger partial charge in [0.1, 0.15) is 11.6 Å². The van der Waals surface area contributed by atoms with Crippen molar-refractivity contribution in [3.8, 4) is 102 Å². The highest BCUT2D eigenvalue weighted by molar-refractivity contribution is 5.97. The maximum atomic E-state index is 17.8. The van der Waals surface area contributed by atoms with E-state index in [9.17, 15) is 0 Å². The Kier molecular flexibility index (Phi) is 10.5. The molecule has 14 aromatic rings. The van der Waals surface area contributed by atoms with E-state index in [-0.39, 0.29) is 17.0 Å². The number of fused-ring (bicyclic) bond motifs is 12.